The van der Waals surface area contributed by atoms with Crippen molar-refractivity contribution in [1.82, 2.24) is 0 Å². The molecule has 0 N–H and O–H groups in total. The van der Waals surface area contributed by atoms with Crippen molar-refractivity contribution >= 4 is 17.1 Å². The summed E-state index contributed by atoms with van der Waals surface area (Å²) < 4.78 is 14.0. The minimum absolute atomic E-state index is 0.476. The van der Waals surface area contributed by atoms with Gasteiger partial charge in [-0.25, -0.2) is 0 Å². The first-order valence-corrected chi connectivity index (χ1v) is 19.8. The van der Waals surface area contributed by atoms with Gasteiger partial charge < -0.3 is 14.4 Å². The van der Waals surface area contributed by atoms with Crippen LogP contribution < -0.4 is 14.4 Å². The van der Waals surface area contributed by atoms with Gasteiger partial charge in [-0.1, -0.05) is 158 Å². The molecule has 58 heavy (non-hydrogen) atoms. The van der Waals surface area contributed by atoms with Crippen molar-refractivity contribution in [2.45, 2.75) is 5.41 Å². The average molecular weight is 742 g/mol. The van der Waals surface area contributed by atoms with Crippen LogP contribution in [-0.2, 0) is 5.41 Å². The summed E-state index contributed by atoms with van der Waals surface area (Å²) in [4.78, 5) is 2.26. The lowest BCUT2D eigenvalue weighted by atomic mass is 9.70. The number of fused-ring (bicyclic) bond motifs is 12. The highest BCUT2D eigenvalue weighted by Gasteiger charge is 2.52. The van der Waals surface area contributed by atoms with Crippen molar-refractivity contribution in [3.8, 4) is 67.5 Å². The van der Waals surface area contributed by atoms with Crippen molar-refractivity contribution in [3.63, 3.8) is 0 Å². The second-order valence-electron chi connectivity index (χ2n) is 15.2. The van der Waals surface area contributed by atoms with E-state index >= 15 is 0 Å². The van der Waals surface area contributed by atoms with Gasteiger partial charge >= 0.3 is 0 Å². The fourth-order valence-corrected chi connectivity index (χ4v) is 9.67. The summed E-state index contributed by atoms with van der Waals surface area (Å²) in [5.41, 5.74) is 17.2. The van der Waals surface area contributed by atoms with Crippen LogP contribution in [0.1, 0.15) is 22.3 Å². The molecule has 1 aliphatic heterocycles. The first-order valence-electron chi connectivity index (χ1n) is 19.8. The Balaban J connectivity index is 0.977. The summed E-state index contributed by atoms with van der Waals surface area (Å²) in [6.07, 6.45) is 0. The molecular weight excluding hydrogens is 707 g/mol. The van der Waals surface area contributed by atoms with E-state index in [1.807, 2.05) is 12.1 Å². The molecule has 3 heteroatoms. The molecule has 12 rings (SSSR count). The fourth-order valence-electron chi connectivity index (χ4n) is 9.67. The summed E-state index contributed by atoms with van der Waals surface area (Å²) in [5.74, 6) is 2.77. The number of nitrogens with zero attached hydrogens (tertiary/aromatic N) is 1. The van der Waals surface area contributed by atoms with Gasteiger partial charge in [-0.05, 0) is 121 Å². The highest BCUT2D eigenvalue weighted by Crippen LogP contribution is 2.65. The zero-order valence-electron chi connectivity index (χ0n) is 31.5. The Morgan fingerprint density at radius 1 is 0.310 bits per heavy atom. The predicted octanol–water partition coefficient (Wildman–Crippen LogP) is 14.7. The molecule has 0 radical (unpaired) electrons. The second kappa shape index (κ2) is 12.7. The summed E-state index contributed by atoms with van der Waals surface area (Å²) in [7, 11) is 0. The minimum atomic E-state index is -0.476. The highest BCUT2D eigenvalue weighted by molar-refractivity contribution is 5.96. The van der Waals surface area contributed by atoms with Gasteiger partial charge in [0.1, 0.15) is 0 Å². The molecule has 1 heterocycles. The van der Waals surface area contributed by atoms with Gasteiger partial charge in [-0.15, -0.1) is 0 Å². The number of para-hydroxylation sites is 2. The first-order chi connectivity index (χ1) is 28.8. The molecule has 9 aromatic carbocycles. The van der Waals surface area contributed by atoms with Gasteiger partial charge in [0.15, 0.2) is 23.0 Å². The molecule has 0 unspecified atom stereocenters. The number of ether oxygens (including phenoxy) is 2. The minimum Gasteiger partial charge on any atom is -0.449 e. The van der Waals surface area contributed by atoms with Gasteiger partial charge in [-0.3, -0.25) is 0 Å². The molecule has 0 atom stereocenters. The average Bonchev–Trinajstić information content (AvgIpc) is 3.75. The summed E-state index contributed by atoms with van der Waals surface area (Å²) >= 11 is 0. The predicted molar refractivity (Wildman–Crippen MR) is 235 cm³/mol. The molecule has 3 aliphatic rings. The van der Waals surface area contributed by atoms with E-state index in [1.165, 1.54) is 61.2 Å². The quantitative estimate of drug-likeness (QED) is 0.175. The first kappa shape index (κ1) is 32.6. The molecule has 0 saturated carbocycles. The maximum atomic E-state index is 7.12. The summed E-state index contributed by atoms with van der Waals surface area (Å²) in [6, 6.07) is 75.7. The van der Waals surface area contributed by atoms with E-state index in [-0.39, 0.29) is 0 Å². The fraction of sp³-hybridized carbons (Fsp3) is 0.0182. The van der Waals surface area contributed by atoms with Crippen LogP contribution >= 0.6 is 0 Å². The number of hydrogen-bond acceptors (Lipinski definition) is 3. The zero-order valence-corrected chi connectivity index (χ0v) is 31.5. The lowest BCUT2D eigenvalue weighted by Gasteiger charge is -2.32. The molecule has 0 saturated heterocycles. The molecule has 0 bridgehead atoms. The van der Waals surface area contributed by atoms with Crippen LogP contribution in [0.5, 0.6) is 23.0 Å². The Morgan fingerprint density at radius 3 is 1.47 bits per heavy atom. The van der Waals surface area contributed by atoms with Crippen LogP contribution in [0.4, 0.5) is 17.1 Å². The molecule has 1 spiro atoms. The summed E-state index contributed by atoms with van der Waals surface area (Å²) in [6.45, 7) is 0. The molecule has 0 fully saturated rings. The number of benzene rings is 9. The van der Waals surface area contributed by atoms with Crippen molar-refractivity contribution in [2.75, 3.05) is 4.90 Å². The second-order valence-corrected chi connectivity index (χ2v) is 15.2. The molecule has 272 valence electrons. The van der Waals surface area contributed by atoms with E-state index in [0.29, 0.717) is 23.0 Å². The van der Waals surface area contributed by atoms with Crippen LogP contribution in [-0.4, -0.2) is 0 Å². The monoisotopic (exact) mass is 741 g/mol. The van der Waals surface area contributed by atoms with Gasteiger partial charge in [0, 0.05) is 11.4 Å². The van der Waals surface area contributed by atoms with Gasteiger partial charge in [0.05, 0.1) is 11.1 Å². The SMILES string of the molecule is c1ccc(-c2cccc(-c3ccc(N(c4ccccc4)c4cccc5c4Oc4cc6c(cc4O5)-c4ccccc4C64c5ccccc5-c5ccccc54)cc3)c2)cc1. The highest BCUT2D eigenvalue weighted by atomic mass is 16.6. The Kier molecular flexibility index (Phi) is 7.14. The van der Waals surface area contributed by atoms with Crippen molar-refractivity contribution in [2.24, 2.45) is 0 Å². The number of hydrogen-bond donors (Lipinski definition) is 0. The third-order valence-electron chi connectivity index (χ3n) is 12.1. The summed E-state index contributed by atoms with van der Waals surface area (Å²) in [5, 5.41) is 0. The molecule has 0 aromatic heterocycles. The smallest absolute Gasteiger partial charge is 0.194 e. The number of anilines is 3. The largest absolute Gasteiger partial charge is 0.449 e. The molecule has 0 amide bonds. The third-order valence-corrected chi connectivity index (χ3v) is 12.1. The normalized spacial score (nSPS) is 13.2. The van der Waals surface area contributed by atoms with E-state index in [1.54, 1.807) is 0 Å². The van der Waals surface area contributed by atoms with Crippen LogP contribution in [0.15, 0.2) is 212 Å². The van der Waals surface area contributed by atoms with E-state index < -0.39 is 5.41 Å². The lowest BCUT2D eigenvalue weighted by Crippen LogP contribution is -2.25. The standard InChI is InChI=1S/C55H35NO2/c1-3-15-36(16-4-1)38-17-13-18-39(33-38)37-29-31-41(32-30-37)56(40-19-5-2-6-20-40)50-27-14-28-51-54(50)58-53-35-49-45(34-52(53)57-51)44-23-9-12-26-48(44)55(49)46-24-10-7-21-42(46)43-22-8-11-25-47(43)55/h1-35H. The maximum Gasteiger partial charge on any atom is 0.194 e. The van der Waals surface area contributed by atoms with Gasteiger partial charge in [-0.2, -0.15) is 0 Å². The van der Waals surface area contributed by atoms with Gasteiger partial charge in [0.2, 0.25) is 0 Å². The molecular formula is C55H35NO2. The third kappa shape index (κ3) is 4.74. The molecule has 3 nitrogen and oxygen atoms in total. The van der Waals surface area contributed by atoms with Crippen LogP contribution in [0.3, 0.4) is 0 Å². The van der Waals surface area contributed by atoms with E-state index in [9.17, 15) is 0 Å². The Labute approximate surface area is 337 Å². The van der Waals surface area contributed by atoms with E-state index in [0.717, 1.165) is 22.6 Å². The van der Waals surface area contributed by atoms with Crippen LogP contribution in [0.25, 0.3) is 44.5 Å². The topological polar surface area (TPSA) is 21.7 Å². The zero-order chi connectivity index (χ0) is 38.2. The van der Waals surface area contributed by atoms with Crippen LogP contribution in [0, 0.1) is 0 Å². The van der Waals surface area contributed by atoms with Crippen LogP contribution in [0.2, 0.25) is 0 Å². The van der Waals surface area contributed by atoms with E-state index in [4.69, 9.17) is 9.47 Å². The van der Waals surface area contributed by atoms with Crippen molar-refractivity contribution < 1.29 is 9.47 Å². The van der Waals surface area contributed by atoms with Gasteiger partial charge in [0.25, 0.3) is 0 Å². The Bertz CT molecular complexity index is 3020. The Hall–Kier alpha value is -7.62. The van der Waals surface area contributed by atoms with E-state index in [2.05, 4.69) is 205 Å². The number of rotatable bonds is 5. The molecule has 2 aliphatic carbocycles. The maximum absolute atomic E-state index is 7.12. The lowest BCUT2D eigenvalue weighted by molar-refractivity contribution is 0.360. The Morgan fingerprint density at radius 2 is 0.810 bits per heavy atom. The van der Waals surface area contributed by atoms with Crippen molar-refractivity contribution in [3.05, 3.63) is 235 Å². The molecule has 9 aromatic rings. The van der Waals surface area contributed by atoms with Crippen molar-refractivity contribution in [1.29, 1.82) is 0 Å².